The van der Waals surface area contributed by atoms with E-state index in [1.165, 1.54) is 10.9 Å². The smallest absolute Gasteiger partial charge is 0.251 e. The van der Waals surface area contributed by atoms with Gasteiger partial charge in [0, 0.05) is 67.1 Å². The molecule has 36 heavy (non-hydrogen) atoms. The van der Waals surface area contributed by atoms with Gasteiger partial charge in [-0.15, -0.1) is 12.4 Å². The molecule has 0 unspecified atom stereocenters. The van der Waals surface area contributed by atoms with Crippen LogP contribution in [-0.2, 0) is 7.05 Å². The van der Waals surface area contributed by atoms with Crippen LogP contribution in [0.4, 0.5) is 5.69 Å². The van der Waals surface area contributed by atoms with Crippen LogP contribution in [0.3, 0.4) is 0 Å². The molecule has 1 saturated heterocycles. The molecule has 1 aromatic heterocycles. The summed E-state index contributed by atoms with van der Waals surface area (Å²) in [7, 11) is 2.07. The summed E-state index contributed by atoms with van der Waals surface area (Å²) in [5.41, 5.74) is 4.05. The van der Waals surface area contributed by atoms with Crippen LogP contribution in [0.2, 0.25) is 10.0 Å². The molecule has 5 nitrogen and oxygen atoms in total. The Balaban J connectivity index is 0.00000304. The lowest BCUT2D eigenvalue weighted by molar-refractivity contribution is 0.0952. The third-order valence-electron chi connectivity index (χ3n) is 7.01. The molecule has 5 rings (SSSR count). The van der Waals surface area contributed by atoms with Gasteiger partial charge >= 0.3 is 0 Å². The largest absolute Gasteiger partial charge is 0.368 e. The Morgan fingerprint density at radius 2 is 1.64 bits per heavy atom. The van der Waals surface area contributed by atoms with E-state index in [1.54, 1.807) is 0 Å². The Bertz CT molecular complexity index is 1360. The molecule has 4 aromatic rings. The van der Waals surface area contributed by atoms with Crippen molar-refractivity contribution < 1.29 is 4.79 Å². The molecule has 0 aliphatic carbocycles. The zero-order valence-electron chi connectivity index (χ0n) is 20.3. The van der Waals surface area contributed by atoms with Crippen molar-refractivity contribution in [2.75, 3.05) is 44.2 Å². The summed E-state index contributed by atoms with van der Waals surface area (Å²) < 4.78 is 2.18. The van der Waals surface area contributed by atoms with E-state index in [1.807, 2.05) is 48.5 Å². The fraction of sp³-hybridized carbons (Fsp3) is 0.321. The van der Waals surface area contributed by atoms with E-state index in [0.29, 0.717) is 22.2 Å². The number of amides is 1. The van der Waals surface area contributed by atoms with Gasteiger partial charge in [0.05, 0.1) is 15.7 Å². The zero-order valence-corrected chi connectivity index (χ0v) is 22.7. The molecular weight excluding hydrogens is 515 g/mol. The highest BCUT2D eigenvalue weighted by molar-refractivity contribution is 6.43. The minimum absolute atomic E-state index is 0. The number of fused-ring (bicyclic) bond motifs is 3. The molecule has 0 spiro atoms. The second-order valence-corrected chi connectivity index (χ2v) is 9.96. The fourth-order valence-corrected chi connectivity index (χ4v) is 5.44. The van der Waals surface area contributed by atoms with Crippen molar-refractivity contribution in [1.82, 2.24) is 14.8 Å². The van der Waals surface area contributed by atoms with Crippen LogP contribution in [0.5, 0.6) is 0 Å². The highest BCUT2D eigenvalue weighted by Gasteiger charge is 2.19. The number of anilines is 1. The summed E-state index contributed by atoms with van der Waals surface area (Å²) >= 11 is 12.6. The van der Waals surface area contributed by atoms with Crippen LogP contribution in [0.1, 0.15) is 23.2 Å². The van der Waals surface area contributed by atoms with E-state index in [2.05, 4.69) is 38.9 Å². The molecule has 1 N–H and O–H groups in total. The lowest BCUT2D eigenvalue weighted by atomic mass is 10.1. The summed E-state index contributed by atoms with van der Waals surface area (Å²) in [6.07, 6.45) is 2.02. The molecule has 1 aliphatic heterocycles. The van der Waals surface area contributed by atoms with E-state index in [0.717, 1.165) is 62.2 Å². The second kappa shape index (κ2) is 11.7. The number of carbonyl (C=O) groups is 1. The van der Waals surface area contributed by atoms with Crippen molar-refractivity contribution >= 4 is 69.0 Å². The first-order chi connectivity index (χ1) is 17.0. The monoisotopic (exact) mass is 544 g/mol. The van der Waals surface area contributed by atoms with E-state index in [9.17, 15) is 4.79 Å². The number of piperazine rings is 1. The molecule has 0 atom stereocenters. The van der Waals surface area contributed by atoms with Crippen molar-refractivity contribution in [2.24, 2.45) is 7.05 Å². The quantitative estimate of drug-likeness (QED) is 0.274. The first-order valence-corrected chi connectivity index (χ1v) is 13.0. The van der Waals surface area contributed by atoms with E-state index in [4.69, 9.17) is 23.2 Å². The summed E-state index contributed by atoms with van der Waals surface area (Å²) in [6, 6.07) is 20.1. The van der Waals surface area contributed by atoms with Gasteiger partial charge in [-0.25, -0.2) is 0 Å². The molecule has 8 heteroatoms. The Morgan fingerprint density at radius 1 is 0.889 bits per heavy atom. The number of hydrogen-bond acceptors (Lipinski definition) is 3. The first kappa shape index (κ1) is 26.6. The van der Waals surface area contributed by atoms with Gasteiger partial charge in [0.25, 0.3) is 5.91 Å². The highest BCUT2D eigenvalue weighted by Crippen LogP contribution is 2.33. The van der Waals surface area contributed by atoms with Crippen LogP contribution < -0.4 is 10.2 Å². The molecule has 1 aliphatic rings. The van der Waals surface area contributed by atoms with E-state index < -0.39 is 0 Å². The van der Waals surface area contributed by atoms with Crippen LogP contribution in [-0.4, -0.2) is 54.6 Å². The predicted octanol–water partition coefficient (Wildman–Crippen LogP) is 6.39. The Morgan fingerprint density at radius 3 is 2.44 bits per heavy atom. The van der Waals surface area contributed by atoms with Crippen molar-refractivity contribution in [2.45, 2.75) is 12.8 Å². The number of aryl methyl sites for hydroxylation is 1. The number of para-hydroxylation sites is 1. The topological polar surface area (TPSA) is 40.5 Å². The standard InChI is InChI=1S/C28H30Cl2N4O.ClH/c1-32-24-9-3-2-7-21(24)22-19-20(11-12-25(22)32)28(35)31-13-4-5-14-33-15-17-34(18-16-33)26-10-6-8-23(29)27(26)30;/h2-3,6-12,19H,4-5,13-18H2,1H3,(H,31,35);1H. The van der Waals surface area contributed by atoms with Gasteiger partial charge in [-0.3, -0.25) is 9.69 Å². The zero-order chi connectivity index (χ0) is 24.4. The molecule has 2 heterocycles. The van der Waals surface area contributed by atoms with Crippen LogP contribution in [0.25, 0.3) is 21.8 Å². The molecular formula is C28H31Cl3N4O. The lowest BCUT2D eigenvalue weighted by Gasteiger charge is -2.36. The molecule has 0 bridgehead atoms. The Kier molecular flexibility index (Phi) is 8.68. The maximum absolute atomic E-state index is 12.8. The molecule has 0 saturated carbocycles. The molecule has 3 aromatic carbocycles. The van der Waals surface area contributed by atoms with Crippen molar-refractivity contribution in [3.8, 4) is 0 Å². The van der Waals surface area contributed by atoms with Gasteiger partial charge in [-0.05, 0) is 55.8 Å². The van der Waals surface area contributed by atoms with Gasteiger partial charge in [-0.2, -0.15) is 0 Å². The summed E-state index contributed by atoms with van der Waals surface area (Å²) in [5, 5.41) is 6.63. The Hall–Kier alpha value is -2.44. The average Bonchev–Trinajstić information content (AvgIpc) is 3.17. The van der Waals surface area contributed by atoms with Crippen LogP contribution in [0, 0.1) is 0 Å². The third-order valence-corrected chi connectivity index (χ3v) is 7.82. The van der Waals surface area contributed by atoms with Crippen molar-refractivity contribution in [1.29, 1.82) is 0 Å². The molecule has 190 valence electrons. The SMILES string of the molecule is Cl.Cn1c2ccccc2c2cc(C(=O)NCCCCN3CCN(c4cccc(Cl)c4Cl)CC3)ccc21. The molecule has 0 radical (unpaired) electrons. The van der Waals surface area contributed by atoms with E-state index in [-0.39, 0.29) is 18.3 Å². The number of halogens is 3. The van der Waals surface area contributed by atoms with Crippen molar-refractivity contribution in [3.05, 3.63) is 76.3 Å². The molecule has 1 fully saturated rings. The summed E-state index contributed by atoms with van der Waals surface area (Å²) in [5.74, 6) is -0.00755. The predicted molar refractivity (Wildman–Crippen MR) is 154 cm³/mol. The Labute approximate surface area is 228 Å². The summed E-state index contributed by atoms with van der Waals surface area (Å²) in [6.45, 7) is 5.60. The number of benzene rings is 3. The highest BCUT2D eigenvalue weighted by atomic mass is 35.5. The number of aromatic nitrogens is 1. The number of nitrogens with one attached hydrogen (secondary N) is 1. The number of unbranched alkanes of at least 4 members (excludes halogenated alkanes) is 1. The van der Waals surface area contributed by atoms with Gasteiger partial charge < -0.3 is 14.8 Å². The normalized spacial score (nSPS) is 14.2. The first-order valence-electron chi connectivity index (χ1n) is 12.2. The van der Waals surface area contributed by atoms with Gasteiger partial charge in [0.15, 0.2) is 0 Å². The lowest BCUT2D eigenvalue weighted by Crippen LogP contribution is -2.46. The minimum atomic E-state index is -0.00755. The fourth-order valence-electron chi connectivity index (χ4n) is 5.02. The third kappa shape index (κ3) is 5.45. The van der Waals surface area contributed by atoms with Crippen LogP contribution in [0.15, 0.2) is 60.7 Å². The van der Waals surface area contributed by atoms with Crippen LogP contribution >= 0.6 is 35.6 Å². The number of rotatable bonds is 7. The summed E-state index contributed by atoms with van der Waals surface area (Å²) in [4.78, 5) is 17.5. The van der Waals surface area contributed by atoms with Crippen molar-refractivity contribution in [3.63, 3.8) is 0 Å². The van der Waals surface area contributed by atoms with Gasteiger partial charge in [0.1, 0.15) is 0 Å². The number of carbonyl (C=O) groups excluding carboxylic acids is 1. The van der Waals surface area contributed by atoms with Gasteiger partial charge in [0.2, 0.25) is 0 Å². The minimum Gasteiger partial charge on any atom is -0.368 e. The van der Waals surface area contributed by atoms with E-state index >= 15 is 0 Å². The molecule has 1 amide bonds. The number of hydrogen-bond donors (Lipinski definition) is 1. The number of nitrogens with zero attached hydrogens (tertiary/aromatic N) is 3. The maximum Gasteiger partial charge on any atom is 0.251 e. The maximum atomic E-state index is 12.8. The van der Waals surface area contributed by atoms with Gasteiger partial charge in [-0.1, -0.05) is 47.5 Å². The average molecular weight is 546 g/mol. The second-order valence-electron chi connectivity index (χ2n) is 9.17.